The fourth-order valence-electron chi connectivity index (χ4n) is 4.07. The van der Waals surface area contributed by atoms with Gasteiger partial charge in [-0.15, -0.1) is 11.3 Å². The molecule has 196 valence electrons. The standard InChI is InChI=1S/C26H25N5O5S2/c1-38(32,33)36-26(18-27,24-29-21-4-2-3-5-22(21)37-24)23-10-11-28-25(30-23)35-17-20-8-6-19(7-9-20)16-31-12-14-34-15-13-31/h2-11H,12-17H2,1H3. The van der Waals surface area contributed by atoms with Crippen LogP contribution in [0.3, 0.4) is 0 Å². The zero-order valence-corrected chi connectivity index (χ0v) is 22.2. The lowest BCUT2D eigenvalue weighted by atomic mass is 10.0. The van der Waals surface area contributed by atoms with Crippen molar-refractivity contribution in [3.05, 3.63) is 82.6 Å². The number of ether oxygens (including phenoxy) is 2. The van der Waals surface area contributed by atoms with Crippen LogP contribution in [0.25, 0.3) is 10.2 Å². The van der Waals surface area contributed by atoms with Crippen LogP contribution in [0, 0.1) is 11.3 Å². The van der Waals surface area contributed by atoms with Gasteiger partial charge in [0.1, 0.15) is 23.4 Å². The van der Waals surface area contributed by atoms with Gasteiger partial charge in [0.2, 0.25) is 0 Å². The summed E-state index contributed by atoms with van der Waals surface area (Å²) in [6.07, 6.45) is 2.28. The van der Waals surface area contributed by atoms with E-state index in [4.69, 9.17) is 13.7 Å². The maximum absolute atomic E-state index is 12.2. The number of nitriles is 1. The van der Waals surface area contributed by atoms with E-state index in [9.17, 15) is 13.7 Å². The topological polar surface area (TPSA) is 128 Å². The molecule has 0 N–H and O–H groups in total. The van der Waals surface area contributed by atoms with Gasteiger partial charge in [0.05, 0.1) is 29.7 Å². The second kappa shape index (κ2) is 11.1. The lowest BCUT2D eigenvalue weighted by molar-refractivity contribution is 0.0342. The molecule has 0 amide bonds. The van der Waals surface area contributed by atoms with Crippen LogP contribution in [0.4, 0.5) is 0 Å². The van der Waals surface area contributed by atoms with Gasteiger partial charge >= 0.3 is 6.01 Å². The van der Waals surface area contributed by atoms with Gasteiger partial charge in [0, 0.05) is 25.8 Å². The third-order valence-corrected chi connectivity index (χ3v) is 7.61. The summed E-state index contributed by atoms with van der Waals surface area (Å²) in [5.41, 5.74) is 0.637. The minimum Gasteiger partial charge on any atom is -0.459 e. The molecule has 5 rings (SSSR count). The maximum Gasteiger partial charge on any atom is 0.317 e. The summed E-state index contributed by atoms with van der Waals surface area (Å²) in [6, 6.07) is 18.7. The molecular formula is C26H25N5O5S2. The van der Waals surface area contributed by atoms with Crippen molar-refractivity contribution < 1.29 is 22.1 Å². The Kier molecular flexibility index (Phi) is 7.64. The van der Waals surface area contributed by atoms with Crippen LogP contribution in [-0.4, -0.2) is 60.8 Å². The highest BCUT2D eigenvalue weighted by Gasteiger charge is 2.45. The van der Waals surface area contributed by atoms with Crippen molar-refractivity contribution in [3.63, 3.8) is 0 Å². The normalized spacial score (nSPS) is 16.1. The number of thiazole rings is 1. The van der Waals surface area contributed by atoms with Crippen molar-refractivity contribution in [1.29, 1.82) is 5.26 Å². The van der Waals surface area contributed by atoms with Crippen LogP contribution >= 0.6 is 11.3 Å². The minimum absolute atomic E-state index is 0.00957. The number of aromatic nitrogens is 3. The Bertz CT molecular complexity index is 1530. The summed E-state index contributed by atoms with van der Waals surface area (Å²) in [5.74, 6) is 0. The zero-order valence-electron chi connectivity index (χ0n) is 20.6. The van der Waals surface area contributed by atoms with E-state index in [-0.39, 0.29) is 23.3 Å². The molecule has 1 atom stereocenters. The highest BCUT2D eigenvalue weighted by atomic mass is 32.2. The van der Waals surface area contributed by atoms with E-state index in [1.54, 1.807) is 6.07 Å². The SMILES string of the molecule is CS(=O)(=O)OC(C#N)(c1ccnc(OCc2ccc(CN3CCOCC3)cc2)n1)c1nc2ccccc2s1. The molecule has 4 aromatic rings. The van der Waals surface area contributed by atoms with E-state index in [1.165, 1.54) is 17.8 Å². The largest absolute Gasteiger partial charge is 0.459 e. The molecule has 1 unspecified atom stereocenters. The first-order valence-electron chi connectivity index (χ1n) is 11.9. The highest BCUT2D eigenvalue weighted by Crippen LogP contribution is 2.38. The number of benzene rings is 2. The van der Waals surface area contributed by atoms with Gasteiger partial charge < -0.3 is 9.47 Å². The molecule has 38 heavy (non-hydrogen) atoms. The van der Waals surface area contributed by atoms with Gasteiger partial charge in [-0.25, -0.2) is 14.2 Å². The molecule has 1 aliphatic rings. The molecule has 10 nitrogen and oxygen atoms in total. The molecule has 0 radical (unpaired) electrons. The third kappa shape index (κ3) is 5.98. The molecule has 0 bridgehead atoms. The fourth-order valence-corrected chi connectivity index (χ4v) is 5.84. The Hall–Kier alpha value is -3.47. The Morgan fingerprint density at radius 3 is 2.53 bits per heavy atom. The average Bonchev–Trinajstić information content (AvgIpc) is 3.36. The van der Waals surface area contributed by atoms with Crippen LogP contribution in [0.15, 0.2) is 60.8 Å². The summed E-state index contributed by atoms with van der Waals surface area (Å²) in [4.78, 5) is 15.3. The van der Waals surface area contributed by atoms with Crippen LogP contribution in [-0.2, 0) is 37.8 Å². The van der Waals surface area contributed by atoms with Crippen molar-refractivity contribution in [2.24, 2.45) is 0 Å². The van der Waals surface area contributed by atoms with E-state index in [0.29, 0.717) is 5.52 Å². The number of fused-ring (bicyclic) bond motifs is 1. The molecule has 0 spiro atoms. The van der Waals surface area contributed by atoms with Crippen molar-refractivity contribution in [3.8, 4) is 12.1 Å². The number of para-hydroxylation sites is 1. The number of hydrogen-bond acceptors (Lipinski definition) is 11. The van der Waals surface area contributed by atoms with Crippen LogP contribution in [0.1, 0.15) is 21.8 Å². The molecule has 3 heterocycles. The predicted molar refractivity (Wildman–Crippen MR) is 141 cm³/mol. The number of morpholine rings is 1. The van der Waals surface area contributed by atoms with Crippen LogP contribution in [0.2, 0.25) is 0 Å². The molecule has 2 aromatic carbocycles. The van der Waals surface area contributed by atoms with Gasteiger partial charge in [-0.1, -0.05) is 36.4 Å². The van der Waals surface area contributed by atoms with E-state index >= 15 is 0 Å². The molecule has 2 aromatic heterocycles. The first-order valence-corrected chi connectivity index (χ1v) is 14.5. The molecule has 0 saturated carbocycles. The average molecular weight is 552 g/mol. The van der Waals surface area contributed by atoms with E-state index in [0.717, 1.165) is 60.7 Å². The van der Waals surface area contributed by atoms with Crippen molar-refractivity contribution in [2.75, 3.05) is 32.6 Å². The Balaban J connectivity index is 1.37. The number of nitrogens with zero attached hydrogens (tertiary/aromatic N) is 5. The van der Waals surface area contributed by atoms with E-state index in [2.05, 4.69) is 32.0 Å². The van der Waals surface area contributed by atoms with E-state index in [1.807, 2.05) is 36.4 Å². The quantitative estimate of drug-likeness (QED) is 0.286. The summed E-state index contributed by atoms with van der Waals surface area (Å²) < 4.78 is 41.8. The smallest absolute Gasteiger partial charge is 0.317 e. The second-order valence-electron chi connectivity index (χ2n) is 8.79. The predicted octanol–water partition coefficient (Wildman–Crippen LogP) is 3.24. The van der Waals surface area contributed by atoms with Gasteiger partial charge in [-0.05, 0) is 29.3 Å². The highest BCUT2D eigenvalue weighted by molar-refractivity contribution is 7.86. The van der Waals surface area contributed by atoms with Crippen molar-refractivity contribution in [1.82, 2.24) is 19.9 Å². The van der Waals surface area contributed by atoms with Crippen molar-refractivity contribution in [2.45, 2.75) is 18.8 Å². The molecule has 0 aliphatic carbocycles. The minimum atomic E-state index is -4.08. The fraction of sp³-hybridized carbons (Fsp3) is 0.308. The van der Waals surface area contributed by atoms with Gasteiger partial charge in [-0.3, -0.25) is 4.90 Å². The first kappa shape index (κ1) is 26.1. The third-order valence-electron chi connectivity index (χ3n) is 5.92. The Morgan fingerprint density at radius 2 is 1.82 bits per heavy atom. The lowest BCUT2D eigenvalue weighted by Gasteiger charge is -2.26. The molecular weight excluding hydrogens is 526 g/mol. The number of hydrogen-bond donors (Lipinski definition) is 0. The molecule has 1 saturated heterocycles. The summed E-state index contributed by atoms with van der Waals surface area (Å²) in [7, 11) is -4.08. The maximum atomic E-state index is 12.2. The summed E-state index contributed by atoms with van der Waals surface area (Å²) in [5, 5.41) is 10.4. The monoisotopic (exact) mass is 551 g/mol. The van der Waals surface area contributed by atoms with Gasteiger partial charge in [-0.2, -0.15) is 18.7 Å². The molecule has 1 fully saturated rings. The summed E-state index contributed by atoms with van der Waals surface area (Å²) >= 11 is 1.16. The Labute approximate surface area is 224 Å². The number of rotatable bonds is 9. The lowest BCUT2D eigenvalue weighted by Crippen LogP contribution is -2.35. The first-order chi connectivity index (χ1) is 18.3. The Morgan fingerprint density at radius 1 is 1.08 bits per heavy atom. The molecule has 1 aliphatic heterocycles. The van der Waals surface area contributed by atoms with E-state index < -0.39 is 15.7 Å². The zero-order chi connectivity index (χ0) is 26.6. The van der Waals surface area contributed by atoms with Gasteiger partial charge in [0.15, 0.2) is 0 Å². The van der Waals surface area contributed by atoms with Crippen molar-refractivity contribution >= 4 is 31.7 Å². The second-order valence-corrected chi connectivity index (χ2v) is 11.4. The van der Waals surface area contributed by atoms with Crippen LogP contribution in [0.5, 0.6) is 6.01 Å². The van der Waals surface area contributed by atoms with Crippen LogP contribution < -0.4 is 4.74 Å². The van der Waals surface area contributed by atoms with Gasteiger partial charge in [0.25, 0.3) is 15.7 Å². The summed E-state index contributed by atoms with van der Waals surface area (Å²) in [6.45, 7) is 4.40. The molecule has 12 heteroatoms.